The van der Waals surface area contributed by atoms with Gasteiger partial charge in [0.05, 0.1) is 10.4 Å². The topological polar surface area (TPSA) is 12.9 Å². The molecule has 0 saturated carbocycles. The molecule has 0 bridgehead atoms. The van der Waals surface area contributed by atoms with Gasteiger partial charge >= 0.3 is 0 Å². The highest BCUT2D eigenvalue weighted by atomic mass is 32.1. The summed E-state index contributed by atoms with van der Waals surface area (Å²) in [4.78, 5) is 4.94. The molecular weight excluding hydrogens is 430 g/mol. The first-order valence-electron chi connectivity index (χ1n) is 12.3. The molecule has 0 aliphatic rings. The van der Waals surface area contributed by atoms with Gasteiger partial charge < -0.3 is 0 Å². The second-order valence-corrected chi connectivity index (χ2v) is 11.2. The van der Waals surface area contributed by atoms with Gasteiger partial charge in [0, 0.05) is 27.2 Å². The van der Waals surface area contributed by atoms with E-state index in [1.54, 1.807) is 0 Å². The van der Waals surface area contributed by atoms with E-state index in [1.165, 1.54) is 58.4 Å². The van der Waals surface area contributed by atoms with E-state index in [9.17, 15) is 0 Å². The quantitative estimate of drug-likeness (QED) is 0.239. The van der Waals surface area contributed by atoms with Gasteiger partial charge in [-0.3, -0.25) is 4.98 Å². The molecule has 0 radical (unpaired) electrons. The maximum absolute atomic E-state index is 4.94. The lowest BCUT2D eigenvalue weighted by Crippen LogP contribution is -1.94. The summed E-state index contributed by atoms with van der Waals surface area (Å²) in [5.41, 5.74) is 5.16. The van der Waals surface area contributed by atoms with Crippen LogP contribution in [0.25, 0.3) is 53.0 Å². The molecule has 0 aliphatic carbocycles. The Hall–Kier alpha value is -3.23. The molecule has 168 valence electrons. The van der Waals surface area contributed by atoms with Crippen molar-refractivity contribution in [2.24, 2.45) is 5.92 Å². The van der Waals surface area contributed by atoms with Gasteiger partial charge in [0.15, 0.2) is 0 Å². The minimum atomic E-state index is 0.424. The average Bonchev–Trinajstić information content (AvgIpc) is 3.23. The molecule has 6 aromatic rings. The summed E-state index contributed by atoms with van der Waals surface area (Å²) in [6.45, 7) is 9.19. The Balaban J connectivity index is 1.65. The number of aromatic nitrogens is 1. The highest BCUT2D eigenvalue weighted by Crippen LogP contribution is 2.42. The monoisotopic (exact) mass is 459 g/mol. The number of fused-ring (bicyclic) bond motifs is 6. The SMILES string of the molecule is CC(C)Cc1cccc2c1sc1c(-c3cc(C(C)C)c4c(ccc5ccccc54)c3)nccc12. The van der Waals surface area contributed by atoms with Gasteiger partial charge in [-0.2, -0.15) is 0 Å². The number of nitrogens with zero attached hydrogens (tertiary/aromatic N) is 1. The number of pyridine rings is 1. The van der Waals surface area contributed by atoms with Gasteiger partial charge in [-0.25, -0.2) is 0 Å². The van der Waals surface area contributed by atoms with E-state index in [4.69, 9.17) is 4.98 Å². The van der Waals surface area contributed by atoms with Crippen molar-refractivity contribution in [3.63, 3.8) is 0 Å². The van der Waals surface area contributed by atoms with E-state index in [1.807, 2.05) is 17.5 Å². The molecule has 34 heavy (non-hydrogen) atoms. The van der Waals surface area contributed by atoms with Crippen LogP contribution >= 0.6 is 11.3 Å². The molecule has 0 amide bonds. The van der Waals surface area contributed by atoms with Crippen molar-refractivity contribution in [2.45, 2.75) is 40.0 Å². The fourth-order valence-electron chi connectivity index (χ4n) is 5.36. The standard InChI is InChI=1S/C32H29NS/c1-19(2)16-23-9-7-11-26-27-14-15-33-30(32(27)34-31(23)26)24-17-22-13-12-21-8-5-6-10-25(21)29(22)28(18-24)20(3)4/h5-15,17-20H,16H2,1-4H3. The molecule has 0 N–H and O–H groups in total. The van der Waals surface area contributed by atoms with Crippen LogP contribution in [-0.2, 0) is 6.42 Å². The Morgan fingerprint density at radius 3 is 2.32 bits per heavy atom. The third-order valence-corrected chi connectivity index (χ3v) is 8.19. The van der Waals surface area contributed by atoms with Crippen molar-refractivity contribution >= 4 is 53.1 Å². The highest BCUT2D eigenvalue weighted by molar-refractivity contribution is 7.26. The summed E-state index contributed by atoms with van der Waals surface area (Å²) in [6, 6.07) is 27.0. The van der Waals surface area contributed by atoms with Crippen molar-refractivity contribution in [1.82, 2.24) is 4.98 Å². The number of thiophene rings is 1. The van der Waals surface area contributed by atoms with Gasteiger partial charge in [0.1, 0.15) is 0 Å². The predicted octanol–water partition coefficient (Wildman–Crippen LogP) is 9.74. The minimum absolute atomic E-state index is 0.424. The zero-order chi connectivity index (χ0) is 23.4. The smallest absolute Gasteiger partial charge is 0.0880 e. The zero-order valence-electron chi connectivity index (χ0n) is 20.2. The van der Waals surface area contributed by atoms with Crippen LogP contribution in [0.5, 0.6) is 0 Å². The number of rotatable bonds is 4. The molecule has 1 nitrogen and oxygen atoms in total. The van der Waals surface area contributed by atoms with E-state index in [0.717, 1.165) is 12.1 Å². The number of hydrogen-bond donors (Lipinski definition) is 0. The summed E-state index contributed by atoms with van der Waals surface area (Å²) in [5, 5.41) is 7.98. The fourth-order valence-corrected chi connectivity index (χ4v) is 6.69. The van der Waals surface area contributed by atoms with Crippen molar-refractivity contribution in [3.05, 3.63) is 90.1 Å². The minimum Gasteiger partial charge on any atom is -0.255 e. The molecule has 2 aromatic heterocycles. The van der Waals surface area contributed by atoms with E-state index < -0.39 is 0 Å². The fraction of sp³-hybridized carbons (Fsp3) is 0.219. The molecule has 0 spiro atoms. The van der Waals surface area contributed by atoms with Crippen LogP contribution in [0, 0.1) is 5.92 Å². The molecule has 2 heteroatoms. The lowest BCUT2D eigenvalue weighted by molar-refractivity contribution is 0.650. The van der Waals surface area contributed by atoms with Gasteiger partial charge in [-0.15, -0.1) is 11.3 Å². The summed E-state index contributed by atoms with van der Waals surface area (Å²) >= 11 is 1.91. The Morgan fingerprint density at radius 2 is 1.50 bits per heavy atom. The largest absolute Gasteiger partial charge is 0.255 e. The van der Waals surface area contributed by atoms with E-state index >= 15 is 0 Å². The van der Waals surface area contributed by atoms with Crippen LogP contribution in [0.15, 0.2) is 79.0 Å². The molecule has 0 fully saturated rings. The Bertz CT molecular complexity index is 1690. The normalized spacial score (nSPS) is 12.2. The number of hydrogen-bond acceptors (Lipinski definition) is 2. The molecule has 0 aliphatic heterocycles. The molecule has 4 aromatic carbocycles. The summed E-state index contributed by atoms with van der Waals surface area (Å²) in [6.07, 6.45) is 3.09. The summed E-state index contributed by atoms with van der Waals surface area (Å²) in [7, 11) is 0. The van der Waals surface area contributed by atoms with Crippen LogP contribution in [0.3, 0.4) is 0 Å². The molecule has 0 saturated heterocycles. The predicted molar refractivity (Wildman–Crippen MR) is 150 cm³/mol. The van der Waals surface area contributed by atoms with E-state index in [-0.39, 0.29) is 0 Å². The number of benzene rings is 4. The third kappa shape index (κ3) is 3.40. The molecular formula is C32H29NS. The lowest BCUT2D eigenvalue weighted by atomic mass is 9.89. The second-order valence-electron chi connectivity index (χ2n) is 10.1. The van der Waals surface area contributed by atoms with Gasteiger partial charge in [0.2, 0.25) is 0 Å². The first kappa shape index (κ1) is 21.3. The molecule has 2 heterocycles. The summed E-state index contributed by atoms with van der Waals surface area (Å²) < 4.78 is 2.71. The highest BCUT2D eigenvalue weighted by Gasteiger charge is 2.17. The maximum Gasteiger partial charge on any atom is 0.0880 e. The Morgan fingerprint density at radius 1 is 0.735 bits per heavy atom. The molecule has 6 rings (SSSR count). The summed E-state index contributed by atoms with van der Waals surface area (Å²) in [5.74, 6) is 1.06. The molecule has 0 atom stereocenters. The van der Waals surface area contributed by atoms with Crippen LogP contribution in [0.2, 0.25) is 0 Å². The second kappa shape index (κ2) is 8.21. The maximum atomic E-state index is 4.94. The molecule has 0 unspecified atom stereocenters. The lowest BCUT2D eigenvalue weighted by Gasteiger charge is -2.15. The van der Waals surface area contributed by atoms with E-state index in [0.29, 0.717) is 11.8 Å². The van der Waals surface area contributed by atoms with Crippen LogP contribution < -0.4 is 0 Å². The average molecular weight is 460 g/mol. The Labute approximate surface area is 205 Å². The van der Waals surface area contributed by atoms with Crippen molar-refractivity contribution < 1.29 is 0 Å². The van der Waals surface area contributed by atoms with Crippen LogP contribution in [0.1, 0.15) is 44.7 Å². The van der Waals surface area contributed by atoms with Gasteiger partial charge in [-0.1, -0.05) is 82.3 Å². The van der Waals surface area contributed by atoms with Crippen molar-refractivity contribution in [1.29, 1.82) is 0 Å². The van der Waals surface area contributed by atoms with Crippen molar-refractivity contribution in [2.75, 3.05) is 0 Å². The zero-order valence-corrected chi connectivity index (χ0v) is 21.0. The third-order valence-electron chi connectivity index (χ3n) is 6.89. The van der Waals surface area contributed by atoms with Gasteiger partial charge in [-0.05, 0) is 69.1 Å². The van der Waals surface area contributed by atoms with Crippen LogP contribution in [0.4, 0.5) is 0 Å². The first-order chi connectivity index (χ1) is 16.5. The van der Waals surface area contributed by atoms with Gasteiger partial charge in [0.25, 0.3) is 0 Å². The van der Waals surface area contributed by atoms with Crippen molar-refractivity contribution in [3.8, 4) is 11.3 Å². The Kier molecular flexibility index (Phi) is 5.15. The van der Waals surface area contributed by atoms with Crippen LogP contribution in [-0.4, -0.2) is 4.98 Å². The first-order valence-corrected chi connectivity index (χ1v) is 13.1. The van der Waals surface area contributed by atoms with E-state index in [2.05, 4.69) is 100 Å².